The Labute approximate surface area is 144 Å². The first-order valence-corrected chi connectivity index (χ1v) is 7.71. The Morgan fingerprint density at radius 1 is 1.24 bits per heavy atom. The lowest BCUT2D eigenvalue weighted by atomic mass is 10.1. The fourth-order valence-corrected chi connectivity index (χ4v) is 2.70. The molecule has 4 rings (SSSR count). The van der Waals surface area contributed by atoms with E-state index in [1.54, 1.807) is 25.8 Å². The zero-order valence-corrected chi connectivity index (χ0v) is 13.4. The maximum Gasteiger partial charge on any atom is 0.259 e. The highest BCUT2D eigenvalue weighted by Gasteiger charge is 2.26. The van der Waals surface area contributed by atoms with E-state index < -0.39 is 0 Å². The second-order valence-electron chi connectivity index (χ2n) is 5.45. The van der Waals surface area contributed by atoms with Crippen molar-refractivity contribution in [2.24, 2.45) is 0 Å². The number of furan rings is 1. The number of rotatable bonds is 4. The van der Waals surface area contributed by atoms with Crippen molar-refractivity contribution in [1.29, 1.82) is 0 Å². The summed E-state index contributed by atoms with van der Waals surface area (Å²) in [4.78, 5) is 16.6. The molecule has 1 aliphatic heterocycles. The van der Waals surface area contributed by atoms with Gasteiger partial charge in [0.1, 0.15) is 17.3 Å². The molecule has 6 nitrogen and oxygen atoms in total. The van der Waals surface area contributed by atoms with Gasteiger partial charge < -0.3 is 19.8 Å². The van der Waals surface area contributed by atoms with Crippen LogP contribution in [0.2, 0.25) is 0 Å². The number of para-hydroxylation sites is 2. The molecule has 2 aromatic heterocycles. The quantitative estimate of drug-likeness (QED) is 0.711. The largest absolute Gasteiger partial charge is 0.495 e. The summed E-state index contributed by atoms with van der Waals surface area (Å²) >= 11 is 0. The summed E-state index contributed by atoms with van der Waals surface area (Å²) in [6, 6.07) is 13.0. The number of carbonyl (C=O) groups excluding carboxylic acids is 1. The van der Waals surface area contributed by atoms with Gasteiger partial charge in [-0.2, -0.15) is 0 Å². The van der Waals surface area contributed by atoms with Crippen LogP contribution in [-0.2, 0) is 4.79 Å². The second kappa shape index (κ2) is 6.16. The molecule has 25 heavy (non-hydrogen) atoms. The molecule has 1 aliphatic rings. The molecule has 3 aromatic rings. The Hall–Kier alpha value is -3.54. The number of hydrogen-bond acceptors (Lipinski definition) is 5. The van der Waals surface area contributed by atoms with Crippen LogP contribution in [0.3, 0.4) is 0 Å². The van der Waals surface area contributed by atoms with Gasteiger partial charge in [0.05, 0.1) is 24.6 Å². The van der Waals surface area contributed by atoms with Crippen molar-refractivity contribution in [3.63, 3.8) is 0 Å². The molecule has 2 N–H and O–H groups in total. The first-order chi connectivity index (χ1) is 12.3. The standard InChI is InChI=1S/C19H15N3O3/c1-24-17-6-3-2-5-15(17)20-11-14-13-9-12(16-7-4-8-25-16)10-21-18(13)22-19(14)23/h2-11,20H,1H3,(H,21,22,23)/b14-11-. The second-order valence-corrected chi connectivity index (χ2v) is 5.45. The summed E-state index contributed by atoms with van der Waals surface area (Å²) in [7, 11) is 1.60. The lowest BCUT2D eigenvalue weighted by Gasteiger charge is -2.08. The minimum absolute atomic E-state index is 0.207. The summed E-state index contributed by atoms with van der Waals surface area (Å²) in [5.74, 6) is 1.72. The molecule has 0 atom stereocenters. The van der Waals surface area contributed by atoms with Crippen LogP contribution in [0.25, 0.3) is 16.9 Å². The van der Waals surface area contributed by atoms with Gasteiger partial charge in [0.2, 0.25) is 0 Å². The molecular weight excluding hydrogens is 318 g/mol. The number of aromatic nitrogens is 1. The topological polar surface area (TPSA) is 76.4 Å². The molecule has 1 aromatic carbocycles. The summed E-state index contributed by atoms with van der Waals surface area (Å²) < 4.78 is 10.7. The zero-order chi connectivity index (χ0) is 17.2. The van der Waals surface area contributed by atoms with Gasteiger partial charge in [0.25, 0.3) is 5.91 Å². The maximum atomic E-state index is 12.3. The highest BCUT2D eigenvalue weighted by molar-refractivity contribution is 6.31. The number of carbonyl (C=O) groups is 1. The van der Waals surface area contributed by atoms with E-state index in [4.69, 9.17) is 9.15 Å². The number of nitrogens with one attached hydrogen (secondary N) is 2. The van der Waals surface area contributed by atoms with Crippen molar-refractivity contribution < 1.29 is 13.9 Å². The molecule has 0 radical (unpaired) electrons. The van der Waals surface area contributed by atoms with Gasteiger partial charge in [0.15, 0.2) is 0 Å². The average Bonchev–Trinajstić information content (AvgIpc) is 3.27. The van der Waals surface area contributed by atoms with Crippen molar-refractivity contribution in [2.75, 3.05) is 17.7 Å². The monoisotopic (exact) mass is 333 g/mol. The molecule has 6 heteroatoms. The van der Waals surface area contributed by atoms with Gasteiger partial charge in [0, 0.05) is 23.5 Å². The van der Waals surface area contributed by atoms with Gasteiger partial charge in [-0.1, -0.05) is 12.1 Å². The third-order valence-corrected chi connectivity index (χ3v) is 3.94. The fourth-order valence-electron chi connectivity index (χ4n) is 2.70. The Morgan fingerprint density at radius 2 is 2.12 bits per heavy atom. The number of hydrogen-bond donors (Lipinski definition) is 2. The maximum absolute atomic E-state index is 12.3. The summed E-state index contributed by atoms with van der Waals surface area (Å²) in [6.07, 6.45) is 4.94. The molecule has 3 heterocycles. The minimum Gasteiger partial charge on any atom is -0.495 e. The van der Waals surface area contributed by atoms with E-state index in [0.717, 1.165) is 16.8 Å². The van der Waals surface area contributed by atoms with E-state index >= 15 is 0 Å². The average molecular weight is 333 g/mol. The Bertz CT molecular complexity index is 962. The van der Waals surface area contributed by atoms with Crippen molar-refractivity contribution in [2.45, 2.75) is 0 Å². The lowest BCUT2D eigenvalue weighted by molar-refractivity contribution is -0.110. The van der Waals surface area contributed by atoms with E-state index in [2.05, 4.69) is 15.6 Å². The van der Waals surface area contributed by atoms with Crippen LogP contribution in [0.4, 0.5) is 11.5 Å². The van der Waals surface area contributed by atoms with Gasteiger partial charge in [-0.3, -0.25) is 4.79 Å². The molecule has 0 saturated heterocycles. The summed E-state index contributed by atoms with van der Waals surface area (Å²) in [6.45, 7) is 0. The fraction of sp³-hybridized carbons (Fsp3) is 0.0526. The van der Waals surface area contributed by atoms with Crippen LogP contribution in [0.1, 0.15) is 5.56 Å². The van der Waals surface area contributed by atoms with Crippen molar-refractivity contribution in [3.05, 3.63) is 66.7 Å². The number of amides is 1. The third kappa shape index (κ3) is 2.74. The third-order valence-electron chi connectivity index (χ3n) is 3.94. The highest BCUT2D eigenvalue weighted by atomic mass is 16.5. The molecule has 0 bridgehead atoms. The summed E-state index contributed by atoms with van der Waals surface area (Å²) in [5, 5.41) is 5.90. The molecule has 124 valence electrons. The normalized spacial score (nSPS) is 14.3. The zero-order valence-electron chi connectivity index (χ0n) is 13.4. The van der Waals surface area contributed by atoms with Gasteiger partial charge in [-0.25, -0.2) is 4.98 Å². The van der Waals surface area contributed by atoms with Crippen molar-refractivity contribution in [1.82, 2.24) is 4.98 Å². The summed E-state index contributed by atoms with van der Waals surface area (Å²) in [5.41, 5.74) is 2.81. The van der Waals surface area contributed by atoms with Gasteiger partial charge >= 0.3 is 0 Å². The molecule has 0 fully saturated rings. The number of fused-ring (bicyclic) bond motifs is 1. The number of nitrogens with zero attached hydrogens (tertiary/aromatic N) is 1. The van der Waals surface area contributed by atoms with Gasteiger partial charge in [-0.15, -0.1) is 0 Å². The van der Waals surface area contributed by atoms with E-state index in [1.807, 2.05) is 42.5 Å². The molecule has 0 unspecified atom stereocenters. The molecule has 0 aliphatic carbocycles. The molecule has 0 spiro atoms. The first kappa shape index (κ1) is 15.0. The Balaban J connectivity index is 1.70. The SMILES string of the molecule is COc1ccccc1N/C=C1\C(=O)Nc2ncc(-c3ccco3)cc21. The lowest BCUT2D eigenvalue weighted by Crippen LogP contribution is -2.05. The number of pyridine rings is 1. The number of anilines is 2. The van der Waals surface area contributed by atoms with Crippen molar-refractivity contribution in [3.8, 4) is 17.1 Å². The predicted octanol–water partition coefficient (Wildman–Crippen LogP) is 3.76. The van der Waals surface area contributed by atoms with Gasteiger partial charge in [-0.05, 0) is 30.3 Å². The number of ether oxygens (including phenoxy) is 1. The van der Waals surface area contributed by atoms with E-state index in [-0.39, 0.29) is 5.91 Å². The van der Waals surface area contributed by atoms with Crippen LogP contribution in [-0.4, -0.2) is 18.0 Å². The first-order valence-electron chi connectivity index (χ1n) is 7.71. The highest BCUT2D eigenvalue weighted by Crippen LogP contribution is 2.34. The number of methoxy groups -OCH3 is 1. The smallest absolute Gasteiger partial charge is 0.259 e. The van der Waals surface area contributed by atoms with E-state index in [0.29, 0.717) is 22.9 Å². The predicted molar refractivity (Wildman–Crippen MR) is 95.2 cm³/mol. The Morgan fingerprint density at radius 3 is 2.92 bits per heavy atom. The molecular formula is C19H15N3O3. The minimum atomic E-state index is -0.207. The molecule has 1 amide bonds. The van der Waals surface area contributed by atoms with E-state index in [9.17, 15) is 4.79 Å². The molecule has 0 saturated carbocycles. The van der Waals surface area contributed by atoms with E-state index in [1.165, 1.54) is 0 Å². The van der Waals surface area contributed by atoms with Crippen LogP contribution < -0.4 is 15.4 Å². The van der Waals surface area contributed by atoms with Crippen LogP contribution in [0, 0.1) is 0 Å². The van der Waals surface area contributed by atoms with Crippen molar-refractivity contribution >= 4 is 23.0 Å². The van der Waals surface area contributed by atoms with Crippen LogP contribution in [0.15, 0.2) is 65.5 Å². The number of benzene rings is 1. The van der Waals surface area contributed by atoms with Crippen LogP contribution in [0.5, 0.6) is 5.75 Å². The Kier molecular flexibility index (Phi) is 3.70. The van der Waals surface area contributed by atoms with Crippen LogP contribution >= 0.6 is 0 Å².